The zero-order valence-corrected chi connectivity index (χ0v) is 40.1. The Morgan fingerprint density at radius 1 is 0.474 bits per heavy atom. The lowest BCUT2D eigenvalue weighted by Gasteiger charge is -2.58. The van der Waals surface area contributed by atoms with Crippen molar-refractivity contribution in [2.45, 2.75) is 187 Å². The average Bonchev–Trinajstić information content (AvgIpc) is 3.01. The predicted molar refractivity (Wildman–Crippen MR) is 245 cm³/mol. The number of aromatic hydroxyl groups is 2. The lowest BCUT2D eigenvalue weighted by atomic mass is 9.46. The van der Waals surface area contributed by atoms with Gasteiger partial charge in [-0.25, -0.2) is 0 Å². The van der Waals surface area contributed by atoms with Crippen LogP contribution in [0.25, 0.3) is 0 Å². The summed E-state index contributed by atoms with van der Waals surface area (Å²) < 4.78 is 0. The van der Waals surface area contributed by atoms with Gasteiger partial charge in [-0.3, -0.25) is 0 Å². The van der Waals surface area contributed by atoms with Crippen molar-refractivity contribution in [3.05, 3.63) is 115 Å². The van der Waals surface area contributed by atoms with E-state index in [0.717, 1.165) is 19.3 Å². The molecule has 0 aromatic heterocycles. The Labute approximate surface area is 349 Å². The van der Waals surface area contributed by atoms with Crippen LogP contribution < -0.4 is 0 Å². The molecule has 3 nitrogen and oxygen atoms in total. The summed E-state index contributed by atoms with van der Waals surface area (Å²) >= 11 is 0. The van der Waals surface area contributed by atoms with Crippen molar-refractivity contribution in [1.29, 1.82) is 0 Å². The quantitative estimate of drug-likeness (QED) is 0.234. The van der Waals surface area contributed by atoms with Gasteiger partial charge < -0.3 is 15.3 Å². The Morgan fingerprint density at radius 2 is 0.877 bits per heavy atom. The molecule has 4 rings (SSSR count). The first-order chi connectivity index (χ1) is 25.5. The monoisotopic (exact) mass is 777 g/mol. The number of phenols is 2. The number of benzene rings is 3. The van der Waals surface area contributed by atoms with Crippen molar-refractivity contribution in [2.24, 2.45) is 21.7 Å². The average molecular weight is 777 g/mol. The van der Waals surface area contributed by atoms with Crippen molar-refractivity contribution >= 4 is 0 Å². The molecule has 3 aromatic rings. The molecule has 314 valence electrons. The van der Waals surface area contributed by atoms with Crippen molar-refractivity contribution in [3.8, 4) is 11.5 Å². The molecule has 0 amide bonds. The van der Waals surface area contributed by atoms with Crippen LogP contribution in [-0.2, 0) is 35.5 Å². The smallest absolute Gasteiger partial charge is 0.116 e. The van der Waals surface area contributed by atoms with Crippen LogP contribution in [0.3, 0.4) is 0 Å². The van der Waals surface area contributed by atoms with Crippen LogP contribution in [-0.4, -0.2) is 15.3 Å². The summed E-state index contributed by atoms with van der Waals surface area (Å²) in [6.45, 7) is 48.4. The van der Waals surface area contributed by atoms with Gasteiger partial charge in [0, 0.05) is 11.8 Å². The maximum Gasteiger partial charge on any atom is 0.116 e. The SMILES string of the molecule is Cc1c(CC2=C(C(C)(C)C)C=C(O)CC2(C(C)(C)C)C(C)(C)C)c(C)c(Cc2c(C(C)(C)C)cc(O)cc2C(C)(C)C)c(C)c1Cc1ccc(O)cc1C(C)(C)C. The molecule has 0 saturated heterocycles. The molecule has 3 aromatic carbocycles. The topological polar surface area (TPSA) is 60.7 Å². The lowest BCUT2D eigenvalue weighted by Crippen LogP contribution is -2.50. The minimum atomic E-state index is -0.322. The second-order valence-electron chi connectivity index (χ2n) is 23.8. The van der Waals surface area contributed by atoms with Crippen LogP contribution in [0.15, 0.2) is 53.3 Å². The summed E-state index contributed by atoms with van der Waals surface area (Å²) in [6, 6.07) is 9.93. The molecule has 0 radical (unpaired) electrons. The highest BCUT2D eigenvalue weighted by Gasteiger charge is 2.56. The number of allylic oxidation sites excluding steroid dienone is 4. The molecule has 0 fully saturated rings. The van der Waals surface area contributed by atoms with E-state index in [1.807, 2.05) is 24.3 Å². The Hall–Kier alpha value is -3.46. The highest BCUT2D eigenvalue weighted by atomic mass is 16.3. The molecule has 3 N–H and O–H groups in total. The largest absolute Gasteiger partial charge is 0.512 e. The minimum absolute atomic E-state index is 0.149. The van der Waals surface area contributed by atoms with E-state index in [4.69, 9.17) is 0 Å². The standard InChI is InChI=1S/C54H80O3/c1-32-39(24-35-22-23-36(55)25-43(35)48(4,5)6)33(2)41(30-47-46(51(13,14)15)28-38(57)31-54(47,52(16,17)18)53(19,20)21)34(3)40(32)29-42-44(49(7,8)9)26-37(56)27-45(42)50(10,11)12/h22-23,25-28,55-57H,24,29-31H2,1-21H3. The molecule has 0 spiro atoms. The second-order valence-corrected chi connectivity index (χ2v) is 23.8. The Morgan fingerprint density at radius 3 is 1.28 bits per heavy atom. The molecule has 3 heteroatoms. The highest BCUT2D eigenvalue weighted by Crippen LogP contribution is 2.64. The van der Waals surface area contributed by atoms with Crippen LogP contribution in [0, 0.1) is 42.4 Å². The fourth-order valence-corrected chi connectivity index (χ4v) is 10.7. The number of rotatable bonds is 6. The van der Waals surface area contributed by atoms with Gasteiger partial charge in [0.1, 0.15) is 11.5 Å². The fraction of sp³-hybridized carbons (Fsp3) is 0.593. The number of aliphatic hydroxyl groups excluding tert-OH is 1. The second kappa shape index (κ2) is 15.0. The van der Waals surface area contributed by atoms with Gasteiger partial charge in [-0.15, -0.1) is 0 Å². The predicted octanol–water partition coefficient (Wildman–Crippen LogP) is 14.9. The summed E-state index contributed by atoms with van der Waals surface area (Å²) in [6.07, 6.45) is 5.01. The minimum Gasteiger partial charge on any atom is -0.512 e. The van der Waals surface area contributed by atoms with Crippen molar-refractivity contribution in [2.75, 3.05) is 0 Å². The molecule has 0 unspecified atom stereocenters. The molecule has 0 bridgehead atoms. The maximum atomic E-state index is 11.7. The van der Waals surface area contributed by atoms with Crippen LogP contribution in [0.4, 0.5) is 0 Å². The van der Waals surface area contributed by atoms with Crippen molar-refractivity contribution in [3.63, 3.8) is 0 Å². The molecule has 0 atom stereocenters. The summed E-state index contributed by atoms with van der Waals surface area (Å²) in [5, 5.41) is 33.5. The van der Waals surface area contributed by atoms with E-state index < -0.39 is 0 Å². The van der Waals surface area contributed by atoms with E-state index >= 15 is 0 Å². The molecular formula is C54H80O3. The molecule has 0 saturated carbocycles. The molecule has 0 aliphatic heterocycles. The fourth-order valence-electron chi connectivity index (χ4n) is 10.7. The van der Waals surface area contributed by atoms with E-state index in [2.05, 4.69) is 158 Å². The zero-order valence-electron chi connectivity index (χ0n) is 40.1. The van der Waals surface area contributed by atoms with Gasteiger partial charge in [0.2, 0.25) is 0 Å². The van der Waals surface area contributed by atoms with Crippen LogP contribution >= 0.6 is 0 Å². The van der Waals surface area contributed by atoms with Gasteiger partial charge in [0.15, 0.2) is 0 Å². The summed E-state index contributed by atoms with van der Waals surface area (Å²) in [7, 11) is 0. The van der Waals surface area contributed by atoms with Gasteiger partial charge in [0.25, 0.3) is 0 Å². The van der Waals surface area contributed by atoms with E-state index in [1.54, 1.807) is 0 Å². The Balaban J connectivity index is 2.23. The highest BCUT2D eigenvalue weighted by molar-refractivity contribution is 5.59. The van der Waals surface area contributed by atoms with Gasteiger partial charge in [-0.1, -0.05) is 136 Å². The third-order valence-corrected chi connectivity index (χ3v) is 13.5. The first-order valence-corrected chi connectivity index (χ1v) is 21.5. The molecule has 1 aliphatic carbocycles. The number of phenolic OH excluding ortho intramolecular Hbond substituents is 2. The van der Waals surface area contributed by atoms with Crippen LogP contribution in [0.1, 0.15) is 192 Å². The van der Waals surface area contributed by atoms with E-state index in [9.17, 15) is 15.3 Å². The van der Waals surface area contributed by atoms with Crippen molar-refractivity contribution < 1.29 is 15.3 Å². The third-order valence-electron chi connectivity index (χ3n) is 13.5. The maximum absolute atomic E-state index is 11.7. The number of hydrogen-bond donors (Lipinski definition) is 3. The first kappa shape index (κ1) is 46.2. The number of hydrogen-bond acceptors (Lipinski definition) is 3. The molecule has 57 heavy (non-hydrogen) atoms. The molecular weight excluding hydrogens is 697 g/mol. The van der Waals surface area contributed by atoms with E-state index in [1.165, 1.54) is 72.3 Å². The normalized spacial score (nSPS) is 16.0. The first-order valence-electron chi connectivity index (χ1n) is 21.5. The summed E-state index contributed by atoms with van der Waals surface area (Å²) in [4.78, 5) is 0. The van der Waals surface area contributed by atoms with E-state index in [0.29, 0.717) is 23.7 Å². The van der Waals surface area contributed by atoms with Crippen LogP contribution in [0.5, 0.6) is 11.5 Å². The third kappa shape index (κ3) is 8.94. The van der Waals surface area contributed by atoms with Gasteiger partial charge in [0.05, 0.1) is 5.76 Å². The van der Waals surface area contributed by atoms with Gasteiger partial charge in [-0.2, -0.15) is 0 Å². The Kier molecular flexibility index (Phi) is 12.1. The number of aliphatic hydroxyl groups is 1. The van der Waals surface area contributed by atoms with Gasteiger partial charge in [-0.05, 0) is 170 Å². The summed E-state index contributed by atoms with van der Waals surface area (Å²) in [5.74, 6) is 1.10. The van der Waals surface area contributed by atoms with Gasteiger partial charge >= 0.3 is 0 Å². The molecule has 1 aliphatic rings. The van der Waals surface area contributed by atoms with Crippen LogP contribution in [0.2, 0.25) is 0 Å². The lowest BCUT2D eigenvalue weighted by molar-refractivity contribution is -0.00985. The Bertz CT molecular complexity index is 2020. The summed E-state index contributed by atoms with van der Waals surface area (Å²) in [5.41, 5.74) is 15.5. The molecule has 0 heterocycles. The van der Waals surface area contributed by atoms with E-state index in [-0.39, 0.29) is 37.9 Å². The van der Waals surface area contributed by atoms with Crippen molar-refractivity contribution in [1.82, 2.24) is 0 Å². The zero-order chi connectivity index (χ0) is 43.8.